The van der Waals surface area contributed by atoms with Crippen molar-refractivity contribution in [3.63, 3.8) is 0 Å². The van der Waals surface area contributed by atoms with Crippen LogP contribution in [0.25, 0.3) is 0 Å². The topological polar surface area (TPSA) is 69.2 Å². The Morgan fingerprint density at radius 2 is 2.17 bits per heavy atom. The van der Waals surface area contributed by atoms with Crippen molar-refractivity contribution in [2.45, 2.75) is 13.5 Å². The van der Waals surface area contributed by atoms with Crippen LogP contribution in [0.1, 0.15) is 11.1 Å². The van der Waals surface area contributed by atoms with Crippen LogP contribution in [0.2, 0.25) is 0 Å². The van der Waals surface area contributed by atoms with Crippen LogP contribution in [0.5, 0.6) is 0 Å². The molecule has 2 N–H and O–H groups in total. The van der Waals surface area contributed by atoms with Gasteiger partial charge in [0.2, 0.25) is 0 Å². The van der Waals surface area contributed by atoms with Crippen LogP contribution in [0, 0.1) is 17.0 Å². The molecule has 0 aliphatic carbocycles. The molecule has 1 aromatic rings. The summed E-state index contributed by atoms with van der Waals surface area (Å²) in [6, 6.07) is 4.86. The highest BCUT2D eigenvalue weighted by Gasteiger charge is 2.06. The number of nitro groups is 1. The molecule has 0 atom stereocenters. The van der Waals surface area contributed by atoms with Gasteiger partial charge in [-0.2, -0.15) is 0 Å². The Balaban J connectivity index is 3.15. The van der Waals surface area contributed by atoms with Crippen molar-refractivity contribution in [3.8, 4) is 0 Å². The second-order valence-corrected chi connectivity index (χ2v) is 2.64. The van der Waals surface area contributed by atoms with Crippen LogP contribution >= 0.6 is 0 Å². The van der Waals surface area contributed by atoms with E-state index in [0.717, 1.165) is 11.1 Å². The predicted molar refractivity (Wildman–Crippen MR) is 45.7 cm³/mol. The third kappa shape index (κ3) is 1.79. The minimum Gasteiger partial charge on any atom is -0.326 e. The molecule has 64 valence electrons. The van der Waals surface area contributed by atoms with Gasteiger partial charge < -0.3 is 5.73 Å². The maximum Gasteiger partial charge on any atom is 0.270 e. The summed E-state index contributed by atoms with van der Waals surface area (Å²) in [5.41, 5.74) is 7.13. The third-order valence-electron chi connectivity index (χ3n) is 1.57. The van der Waals surface area contributed by atoms with Gasteiger partial charge in [-0.25, -0.2) is 0 Å². The molecule has 0 aromatic heterocycles. The molecule has 1 aromatic carbocycles. The summed E-state index contributed by atoms with van der Waals surface area (Å²) >= 11 is 0. The normalized spacial score (nSPS) is 9.83. The van der Waals surface area contributed by atoms with E-state index in [2.05, 4.69) is 0 Å². The van der Waals surface area contributed by atoms with Crippen LogP contribution < -0.4 is 5.73 Å². The monoisotopic (exact) mass is 166 g/mol. The number of benzene rings is 1. The summed E-state index contributed by atoms with van der Waals surface area (Å²) in [6.45, 7) is 2.15. The van der Waals surface area contributed by atoms with Crippen LogP contribution in [0.15, 0.2) is 18.2 Å². The summed E-state index contributed by atoms with van der Waals surface area (Å²) in [6.07, 6.45) is 0. The van der Waals surface area contributed by atoms with E-state index in [1.807, 2.05) is 13.0 Å². The molecular weight excluding hydrogens is 156 g/mol. The van der Waals surface area contributed by atoms with Crippen molar-refractivity contribution < 1.29 is 4.92 Å². The Bertz CT molecular complexity index is 310. The Morgan fingerprint density at radius 3 is 2.67 bits per heavy atom. The fraction of sp³-hybridized carbons (Fsp3) is 0.250. The van der Waals surface area contributed by atoms with Crippen molar-refractivity contribution in [1.29, 1.82) is 0 Å². The lowest BCUT2D eigenvalue weighted by molar-refractivity contribution is -0.385. The first kappa shape index (κ1) is 8.67. The van der Waals surface area contributed by atoms with Crippen molar-refractivity contribution in [3.05, 3.63) is 39.4 Å². The lowest BCUT2D eigenvalue weighted by atomic mass is 10.1. The number of nitrogens with two attached hydrogens (primary N) is 1. The lowest BCUT2D eigenvalue weighted by Gasteiger charge is -1.98. The number of non-ortho nitro benzene ring substituents is 1. The molecular formula is C8H10N2O2. The Morgan fingerprint density at radius 1 is 1.50 bits per heavy atom. The average Bonchev–Trinajstić information content (AvgIpc) is 2.03. The van der Waals surface area contributed by atoms with E-state index in [9.17, 15) is 10.1 Å². The van der Waals surface area contributed by atoms with E-state index < -0.39 is 4.92 Å². The highest BCUT2D eigenvalue weighted by Crippen LogP contribution is 2.15. The van der Waals surface area contributed by atoms with Crippen LogP contribution in [0.4, 0.5) is 5.69 Å². The molecule has 1 rings (SSSR count). The Hall–Kier alpha value is -1.42. The van der Waals surface area contributed by atoms with E-state index >= 15 is 0 Å². The minimum absolute atomic E-state index is 0.107. The molecule has 12 heavy (non-hydrogen) atoms. The first-order valence-electron chi connectivity index (χ1n) is 3.58. The van der Waals surface area contributed by atoms with Crippen LogP contribution in [-0.4, -0.2) is 4.92 Å². The summed E-state index contributed by atoms with van der Waals surface area (Å²) in [7, 11) is 0. The summed E-state index contributed by atoms with van der Waals surface area (Å²) in [5.74, 6) is 0. The van der Waals surface area contributed by atoms with Crippen LogP contribution in [0.3, 0.4) is 0 Å². The quantitative estimate of drug-likeness (QED) is 0.532. The number of hydrogen-bond donors (Lipinski definition) is 1. The van der Waals surface area contributed by atoms with Gasteiger partial charge in [0.05, 0.1) is 4.92 Å². The fourth-order valence-corrected chi connectivity index (χ4v) is 1.06. The van der Waals surface area contributed by atoms with Gasteiger partial charge in [-0.15, -0.1) is 0 Å². The largest absolute Gasteiger partial charge is 0.326 e. The molecule has 0 aliphatic rings. The van der Waals surface area contributed by atoms with E-state index in [-0.39, 0.29) is 5.69 Å². The standard InChI is InChI=1S/C8H10N2O2/c1-6-2-7(5-9)4-8(3-6)10(11)12/h2-4H,5,9H2,1H3. The lowest BCUT2D eigenvalue weighted by Crippen LogP contribution is -1.98. The van der Waals surface area contributed by atoms with E-state index in [1.54, 1.807) is 0 Å². The average molecular weight is 166 g/mol. The molecule has 0 unspecified atom stereocenters. The van der Waals surface area contributed by atoms with Crippen molar-refractivity contribution >= 4 is 5.69 Å². The Labute approximate surface area is 70.2 Å². The molecule has 0 saturated heterocycles. The summed E-state index contributed by atoms with van der Waals surface area (Å²) in [4.78, 5) is 9.98. The van der Waals surface area contributed by atoms with Crippen molar-refractivity contribution in [2.24, 2.45) is 5.73 Å². The minimum atomic E-state index is -0.411. The van der Waals surface area contributed by atoms with Crippen molar-refractivity contribution in [2.75, 3.05) is 0 Å². The predicted octanol–water partition coefficient (Wildman–Crippen LogP) is 1.36. The first-order valence-corrected chi connectivity index (χ1v) is 3.58. The molecule has 0 heterocycles. The molecule has 0 aliphatic heterocycles. The molecule has 4 heteroatoms. The first-order chi connectivity index (χ1) is 5.63. The van der Waals surface area contributed by atoms with Gasteiger partial charge in [0, 0.05) is 18.7 Å². The van der Waals surface area contributed by atoms with Crippen molar-refractivity contribution in [1.82, 2.24) is 0 Å². The second-order valence-electron chi connectivity index (χ2n) is 2.64. The number of rotatable bonds is 2. The fourth-order valence-electron chi connectivity index (χ4n) is 1.06. The summed E-state index contributed by atoms with van der Waals surface area (Å²) in [5, 5.41) is 10.4. The van der Waals surface area contributed by atoms with Gasteiger partial charge in [0.15, 0.2) is 0 Å². The van der Waals surface area contributed by atoms with Gasteiger partial charge in [-0.05, 0) is 18.1 Å². The molecule has 0 fully saturated rings. The zero-order valence-electron chi connectivity index (χ0n) is 6.78. The molecule has 0 amide bonds. The molecule has 4 nitrogen and oxygen atoms in total. The SMILES string of the molecule is Cc1cc(CN)cc([N+](=O)[O-])c1. The highest BCUT2D eigenvalue weighted by atomic mass is 16.6. The van der Waals surface area contributed by atoms with Crippen LogP contribution in [-0.2, 0) is 6.54 Å². The van der Waals surface area contributed by atoms with E-state index in [0.29, 0.717) is 6.54 Å². The van der Waals surface area contributed by atoms with Gasteiger partial charge in [0.25, 0.3) is 5.69 Å². The zero-order chi connectivity index (χ0) is 9.14. The number of aryl methyl sites for hydroxylation is 1. The Kier molecular flexibility index (Phi) is 2.40. The maximum absolute atomic E-state index is 10.4. The number of nitro benzene ring substituents is 1. The highest BCUT2D eigenvalue weighted by molar-refractivity contribution is 5.38. The van der Waals surface area contributed by atoms with Gasteiger partial charge in [-0.3, -0.25) is 10.1 Å². The van der Waals surface area contributed by atoms with Gasteiger partial charge in [-0.1, -0.05) is 6.07 Å². The molecule has 0 spiro atoms. The second kappa shape index (κ2) is 3.32. The van der Waals surface area contributed by atoms with E-state index in [1.165, 1.54) is 12.1 Å². The molecule has 0 saturated carbocycles. The van der Waals surface area contributed by atoms with Gasteiger partial charge >= 0.3 is 0 Å². The smallest absolute Gasteiger partial charge is 0.270 e. The molecule has 0 bridgehead atoms. The number of hydrogen-bond acceptors (Lipinski definition) is 3. The summed E-state index contributed by atoms with van der Waals surface area (Å²) < 4.78 is 0. The number of nitrogens with zero attached hydrogens (tertiary/aromatic N) is 1. The third-order valence-corrected chi connectivity index (χ3v) is 1.57. The van der Waals surface area contributed by atoms with Gasteiger partial charge in [0.1, 0.15) is 0 Å². The molecule has 0 radical (unpaired) electrons. The maximum atomic E-state index is 10.4. The van der Waals surface area contributed by atoms with E-state index in [4.69, 9.17) is 5.73 Å². The zero-order valence-corrected chi connectivity index (χ0v) is 6.78.